The molecule has 3 heterocycles. The summed E-state index contributed by atoms with van der Waals surface area (Å²) in [5.74, 6) is 0.381. The lowest BCUT2D eigenvalue weighted by Crippen LogP contribution is -2.47. The molecular formula is C26H35IN4O5. The van der Waals surface area contributed by atoms with E-state index in [0.717, 1.165) is 41.6 Å². The molecule has 9 nitrogen and oxygen atoms in total. The number of aliphatic hydroxyl groups excluding tert-OH is 1. The van der Waals surface area contributed by atoms with Crippen LogP contribution in [0.1, 0.15) is 43.6 Å². The van der Waals surface area contributed by atoms with Crippen molar-refractivity contribution < 1.29 is 24.2 Å². The Morgan fingerprint density at radius 2 is 2.03 bits per heavy atom. The number of nitrogens with zero attached hydrogens (tertiary/aromatic N) is 3. The number of aromatic nitrogens is 2. The van der Waals surface area contributed by atoms with Gasteiger partial charge in [0.25, 0.3) is 5.91 Å². The first-order chi connectivity index (χ1) is 17.4. The molecule has 1 amide bonds. The lowest BCUT2D eigenvalue weighted by atomic mass is 9.88. The lowest BCUT2D eigenvalue weighted by molar-refractivity contribution is -0.146. The molecular weight excluding hydrogens is 575 g/mol. The minimum absolute atomic E-state index is 0.000415. The van der Waals surface area contributed by atoms with Crippen molar-refractivity contribution in [2.45, 2.75) is 51.5 Å². The molecule has 36 heavy (non-hydrogen) atoms. The van der Waals surface area contributed by atoms with Crippen molar-refractivity contribution in [1.82, 2.24) is 19.8 Å². The van der Waals surface area contributed by atoms with Gasteiger partial charge in [0.1, 0.15) is 28.8 Å². The topological polar surface area (TPSA) is 106 Å². The van der Waals surface area contributed by atoms with Gasteiger partial charge < -0.3 is 29.4 Å². The van der Waals surface area contributed by atoms with Crippen LogP contribution in [0, 0.1) is 15.5 Å². The molecule has 1 aromatic carbocycles. The monoisotopic (exact) mass is 610 g/mol. The third-order valence-corrected chi connectivity index (χ3v) is 7.41. The van der Waals surface area contributed by atoms with Gasteiger partial charge in [0.2, 0.25) is 0 Å². The van der Waals surface area contributed by atoms with Gasteiger partial charge in [-0.25, -0.2) is 4.98 Å². The minimum Gasteiger partial charge on any atom is -0.459 e. The van der Waals surface area contributed by atoms with Crippen molar-refractivity contribution in [1.29, 1.82) is 0 Å². The number of hydrogen-bond acceptors (Lipinski definition) is 7. The molecule has 0 aliphatic carbocycles. The smallest absolute Gasteiger partial charge is 0.326 e. The van der Waals surface area contributed by atoms with E-state index in [1.807, 2.05) is 46.0 Å². The molecule has 1 aromatic heterocycles. The van der Waals surface area contributed by atoms with Gasteiger partial charge in [-0.1, -0.05) is 30.3 Å². The molecule has 2 saturated heterocycles. The van der Waals surface area contributed by atoms with E-state index in [1.54, 1.807) is 0 Å². The van der Waals surface area contributed by atoms with Crippen LogP contribution in [0.15, 0.2) is 36.5 Å². The second kappa shape index (κ2) is 13.0. The van der Waals surface area contributed by atoms with Crippen LogP contribution < -0.4 is 5.32 Å². The fourth-order valence-electron chi connectivity index (χ4n) is 5.05. The normalized spacial score (nSPS) is 20.1. The molecule has 0 spiro atoms. The largest absolute Gasteiger partial charge is 0.459 e. The van der Waals surface area contributed by atoms with Crippen LogP contribution >= 0.6 is 22.6 Å². The molecule has 2 aliphatic rings. The van der Waals surface area contributed by atoms with E-state index in [4.69, 9.17) is 14.5 Å². The summed E-state index contributed by atoms with van der Waals surface area (Å²) in [6.45, 7) is 5.22. The summed E-state index contributed by atoms with van der Waals surface area (Å²) >= 11 is 2.14. The fourth-order valence-corrected chi connectivity index (χ4v) is 5.63. The Morgan fingerprint density at radius 1 is 1.28 bits per heavy atom. The number of imidazole rings is 1. The highest BCUT2D eigenvalue weighted by molar-refractivity contribution is 14.1. The molecule has 0 bridgehead atoms. The number of ether oxygens (including phenoxy) is 2. The van der Waals surface area contributed by atoms with Crippen LogP contribution in [0.4, 0.5) is 0 Å². The SMILES string of the molecule is C[C@H](O)C(=O)N(C[C@H]1CCNC1)[C@@H](c1nc(I)cn1CC(=O)OCc1ccccc1)C1CCOCC1. The summed E-state index contributed by atoms with van der Waals surface area (Å²) in [6.07, 6.45) is 3.23. The molecule has 10 heteroatoms. The van der Waals surface area contributed by atoms with E-state index in [-0.39, 0.29) is 37.0 Å². The number of benzene rings is 1. The van der Waals surface area contributed by atoms with E-state index in [1.165, 1.54) is 6.92 Å². The van der Waals surface area contributed by atoms with Crippen LogP contribution in [-0.2, 0) is 32.2 Å². The van der Waals surface area contributed by atoms with Crippen molar-refractivity contribution >= 4 is 34.5 Å². The van der Waals surface area contributed by atoms with Gasteiger partial charge in [-0.15, -0.1) is 0 Å². The van der Waals surface area contributed by atoms with Gasteiger partial charge in [-0.2, -0.15) is 0 Å². The zero-order valence-corrected chi connectivity index (χ0v) is 22.8. The Bertz CT molecular complexity index is 1000. The van der Waals surface area contributed by atoms with E-state index in [2.05, 4.69) is 27.9 Å². The average molecular weight is 610 g/mol. The van der Waals surface area contributed by atoms with E-state index in [9.17, 15) is 14.7 Å². The molecule has 4 rings (SSSR count). The summed E-state index contributed by atoms with van der Waals surface area (Å²) in [7, 11) is 0. The van der Waals surface area contributed by atoms with Crippen molar-refractivity contribution in [3.05, 3.63) is 51.6 Å². The maximum Gasteiger partial charge on any atom is 0.326 e. The molecule has 0 saturated carbocycles. The van der Waals surface area contributed by atoms with Crippen molar-refractivity contribution in [3.8, 4) is 0 Å². The van der Waals surface area contributed by atoms with E-state index >= 15 is 0 Å². The molecule has 2 N–H and O–H groups in total. The summed E-state index contributed by atoms with van der Waals surface area (Å²) in [5, 5.41) is 13.7. The Labute approximate surface area is 225 Å². The predicted octanol–water partition coefficient (Wildman–Crippen LogP) is 2.52. The lowest BCUT2D eigenvalue weighted by Gasteiger charge is -2.40. The summed E-state index contributed by atoms with van der Waals surface area (Å²) in [4.78, 5) is 32.8. The first-order valence-electron chi connectivity index (χ1n) is 12.6. The molecule has 2 aliphatic heterocycles. The van der Waals surface area contributed by atoms with Gasteiger partial charge in [-0.3, -0.25) is 9.59 Å². The molecule has 2 fully saturated rings. The maximum absolute atomic E-state index is 13.4. The highest BCUT2D eigenvalue weighted by Crippen LogP contribution is 2.36. The highest BCUT2D eigenvalue weighted by Gasteiger charge is 2.39. The zero-order valence-electron chi connectivity index (χ0n) is 20.6. The summed E-state index contributed by atoms with van der Waals surface area (Å²) in [5.41, 5.74) is 0.922. The second-order valence-corrected chi connectivity index (χ2v) is 10.7. The van der Waals surface area contributed by atoms with Crippen LogP contribution in [0.25, 0.3) is 0 Å². The maximum atomic E-state index is 13.4. The van der Waals surface area contributed by atoms with Gasteiger partial charge in [-0.05, 0) is 79.3 Å². The predicted molar refractivity (Wildman–Crippen MR) is 142 cm³/mol. The molecule has 0 unspecified atom stereocenters. The van der Waals surface area contributed by atoms with Crippen molar-refractivity contribution in [3.63, 3.8) is 0 Å². The van der Waals surface area contributed by atoms with Gasteiger partial charge >= 0.3 is 5.97 Å². The van der Waals surface area contributed by atoms with E-state index in [0.29, 0.717) is 31.5 Å². The van der Waals surface area contributed by atoms with Crippen LogP contribution in [0.3, 0.4) is 0 Å². The number of carbonyl (C=O) groups excluding carboxylic acids is 2. The minimum atomic E-state index is -1.12. The van der Waals surface area contributed by atoms with Crippen LogP contribution in [0.2, 0.25) is 0 Å². The Kier molecular flexibility index (Phi) is 9.74. The number of aliphatic hydroxyl groups is 1. The second-order valence-electron chi connectivity index (χ2n) is 9.62. The molecule has 0 radical (unpaired) electrons. The van der Waals surface area contributed by atoms with Gasteiger partial charge in [0.05, 0.1) is 6.04 Å². The number of nitrogens with one attached hydrogen (secondary N) is 1. The number of carbonyl (C=O) groups is 2. The molecule has 3 atom stereocenters. The van der Waals surface area contributed by atoms with E-state index < -0.39 is 6.10 Å². The number of esters is 1. The number of hydrogen-bond donors (Lipinski definition) is 2. The number of rotatable bonds is 10. The Hall–Kier alpha value is -2.02. The highest BCUT2D eigenvalue weighted by atomic mass is 127. The Morgan fingerprint density at radius 3 is 2.69 bits per heavy atom. The van der Waals surface area contributed by atoms with Gasteiger partial charge in [0, 0.05) is 26.0 Å². The fraction of sp³-hybridized carbons (Fsp3) is 0.577. The molecule has 2 aromatic rings. The van der Waals surface area contributed by atoms with Crippen LogP contribution in [-0.4, -0.2) is 70.4 Å². The zero-order chi connectivity index (χ0) is 25.5. The average Bonchev–Trinajstić information content (AvgIpc) is 3.52. The third-order valence-electron chi connectivity index (χ3n) is 6.89. The van der Waals surface area contributed by atoms with Crippen molar-refractivity contribution in [2.75, 3.05) is 32.8 Å². The quantitative estimate of drug-likeness (QED) is 0.315. The first kappa shape index (κ1) is 27.0. The summed E-state index contributed by atoms with van der Waals surface area (Å²) < 4.78 is 13.7. The van der Waals surface area contributed by atoms with Gasteiger partial charge in [0.15, 0.2) is 0 Å². The number of halogens is 1. The third kappa shape index (κ3) is 7.05. The Balaban J connectivity index is 1.61. The first-order valence-corrected chi connectivity index (χ1v) is 13.7. The standard InChI is InChI=1S/C26H35IN4O5/c1-18(32)26(34)31(14-20-7-10-28-13-20)24(21-8-11-35-12-9-21)25-29-22(27)15-30(25)16-23(33)36-17-19-5-3-2-4-6-19/h2-6,15,18,20-21,24,28,32H,7-14,16-17H2,1H3/t18-,20-,24+/m0/s1. The molecule has 196 valence electrons. The van der Waals surface area contributed by atoms with Crippen molar-refractivity contribution in [2.24, 2.45) is 11.8 Å². The number of amides is 1. The summed E-state index contributed by atoms with van der Waals surface area (Å²) in [6, 6.07) is 9.19. The van der Waals surface area contributed by atoms with Crippen LogP contribution in [0.5, 0.6) is 0 Å².